The molecule has 12 rings (SSSR count). The summed E-state index contributed by atoms with van der Waals surface area (Å²) in [4.78, 5) is 59.5. The van der Waals surface area contributed by atoms with E-state index in [-0.39, 0.29) is 53.6 Å². The van der Waals surface area contributed by atoms with Gasteiger partial charge in [-0.3, -0.25) is 19.0 Å². The molecular weight excluding hydrogens is 980 g/mol. The Kier molecular flexibility index (Phi) is 14.1. The number of carbonyl (C=O) groups excluding carboxylic acids is 2. The normalized spacial score (nSPS) is 24.4. The molecule has 6 aliphatic rings. The third-order valence-corrected chi connectivity index (χ3v) is 19.8. The van der Waals surface area contributed by atoms with Crippen molar-refractivity contribution in [2.24, 2.45) is 11.8 Å². The van der Waals surface area contributed by atoms with Gasteiger partial charge >= 0.3 is 0 Å². The molecule has 7 heterocycles. The fraction of sp³-hybridized carbons (Fsp3) is 0.542. The average molecular weight is 1050 g/mol. The molecule has 2 amide bonds. The van der Waals surface area contributed by atoms with E-state index < -0.39 is 18.2 Å². The first-order chi connectivity index (χ1) is 36.4. The van der Waals surface area contributed by atoms with E-state index in [1.54, 1.807) is 22.3 Å². The molecule has 2 saturated carbocycles. The van der Waals surface area contributed by atoms with Gasteiger partial charge in [0.15, 0.2) is 0 Å². The Morgan fingerprint density at radius 3 is 2.41 bits per heavy atom. The third kappa shape index (κ3) is 9.56. The van der Waals surface area contributed by atoms with Crippen LogP contribution >= 0.6 is 22.9 Å². The SMILES string of the molecule is Cc1ncsc1-c1ccc([C@H](C)NC(=O)[C@@H]2C[C@@H](O)CN2C(=O)[C@H](C2CCN(C)CC2)n2cc(C3CCC(CN4CCC(c5ccc6c(c5)-n5c(nc(=O)c7c(Cl)cccc75)C65CCCCC5)CC4)CC3)nn2)cc1. The molecule has 3 aromatic heterocycles. The molecule has 75 heavy (non-hydrogen) atoms. The number of aliphatic hydroxyl groups excluding tert-OH is 1. The van der Waals surface area contributed by atoms with Crippen LogP contribution in [0.2, 0.25) is 5.02 Å². The van der Waals surface area contributed by atoms with Crippen LogP contribution in [0.5, 0.6) is 0 Å². The first kappa shape index (κ1) is 50.5. The van der Waals surface area contributed by atoms with Crippen LogP contribution in [0.3, 0.4) is 0 Å². The molecule has 3 saturated heterocycles. The number of aromatic nitrogens is 6. The molecular formula is C59H71ClN10O4S. The molecule has 16 heteroatoms. The summed E-state index contributed by atoms with van der Waals surface area (Å²) in [5.41, 5.74) is 10.1. The number of likely N-dealkylation sites (tertiary alicyclic amines) is 3. The van der Waals surface area contributed by atoms with Gasteiger partial charge in [0.05, 0.1) is 60.9 Å². The van der Waals surface area contributed by atoms with E-state index in [2.05, 4.69) is 62.0 Å². The summed E-state index contributed by atoms with van der Waals surface area (Å²) >= 11 is 8.27. The van der Waals surface area contributed by atoms with E-state index in [0.29, 0.717) is 22.2 Å². The van der Waals surface area contributed by atoms with Gasteiger partial charge in [-0.25, -0.2) is 9.67 Å². The minimum atomic E-state index is -0.791. The second-order valence-electron chi connectivity index (χ2n) is 23.1. The maximum Gasteiger partial charge on any atom is 0.282 e. The predicted octanol–water partition coefficient (Wildman–Crippen LogP) is 9.50. The second-order valence-corrected chi connectivity index (χ2v) is 24.4. The van der Waals surface area contributed by atoms with Crippen LogP contribution in [0.1, 0.15) is 155 Å². The molecule has 0 radical (unpaired) electrons. The number of nitrogens with zero attached hydrogens (tertiary/aromatic N) is 9. The Hall–Kier alpha value is -5.32. The van der Waals surface area contributed by atoms with Gasteiger partial charge in [0.25, 0.3) is 5.56 Å². The minimum absolute atomic E-state index is 0.0293. The van der Waals surface area contributed by atoms with Gasteiger partial charge in [0.2, 0.25) is 11.8 Å². The number of aryl methyl sites for hydroxylation is 1. The molecule has 1 spiro atoms. The highest BCUT2D eigenvalue weighted by Gasteiger charge is 2.48. The van der Waals surface area contributed by atoms with Crippen LogP contribution in [0.15, 0.2) is 77.2 Å². The highest BCUT2D eigenvalue weighted by Crippen LogP contribution is 2.52. The van der Waals surface area contributed by atoms with Gasteiger partial charge in [0.1, 0.15) is 17.9 Å². The molecule has 5 fully saturated rings. The number of thiazole rings is 1. The van der Waals surface area contributed by atoms with Gasteiger partial charge in [-0.1, -0.05) is 78.5 Å². The van der Waals surface area contributed by atoms with E-state index >= 15 is 0 Å². The van der Waals surface area contributed by atoms with Crippen molar-refractivity contribution >= 4 is 45.7 Å². The van der Waals surface area contributed by atoms with Gasteiger partial charge in [-0.05, 0) is 169 Å². The summed E-state index contributed by atoms with van der Waals surface area (Å²) in [6.45, 7) is 9.10. The van der Waals surface area contributed by atoms with E-state index in [1.807, 2.05) is 54.5 Å². The Morgan fingerprint density at radius 1 is 0.920 bits per heavy atom. The van der Waals surface area contributed by atoms with Gasteiger partial charge in [-0.15, -0.1) is 16.4 Å². The molecule has 4 aliphatic heterocycles. The maximum absolute atomic E-state index is 15.0. The summed E-state index contributed by atoms with van der Waals surface area (Å²) in [5, 5.41) is 24.6. The number of carbonyl (C=O) groups is 2. The van der Waals surface area contributed by atoms with Crippen LogP contribution in [0, 0.1) is 18.8 Å². The van der Waals surface area contributed by atoms with Crippen molar-refractivity contribution in [2.75, 3.05) is 46.3 Å². The quantitative estimate of drug-likeness (QED) is 0.128. The van der Waals surface area contributed by atoms with Crippen LogP contribution < -0.4 is 10.9 Å². The number of piperidine rings is 2. The standard InChI is InChI=1S/C59H71ClN10O4S/c1-36(39-14-16-43(17-15-39)54-37(2)61-35-75-54)62-55(72)51-31-45(71)33-68(51)57(74)53(42-20-26-66(3)27-21-42)69-34-48(64-65-69)41-12-10-38(11-13-41)32-67-28-22-40(23-29-67)44-18-19-46-50(30-44)70-49-9-7-8-47(60)52(49)56(73)63-58(70)59(46)24-5-4-6-25-59/h7-9,14-19,30,34-36,38,40-42,45,51,53,71H,4-6,10-13,20-29,31-33H2,1-3H3,(H,62,72)/t36-,38?,41?,45+,51-,53-/m0/s1. The number of halogens is 1. The van der Waals surface area contributed by atoms with Gasteiger partial charge in [-0.2, -0.15) is 4.98 Å². The van der Waals surface area contributed by atoms with Crippen LogP contribution in [-0.4, -0.2) is 120 Å². The van der Waals surface area contributed by atoms with Gasteiger partial charge in [0, 0.05) is 31.6 Å². The number of nitrogens with one attached hydrogen (secondary N) is 1. The summed E-state index contributed by atoms with van der Waals surface area (Å²) in [7, 11) is 2.12. The predicted molar refractivity (Wildman–Crippen MR) is 294 cm³/mol. The van der Waals surface area contributed by atoms with Crippen molar-refractivity contribution in [1.82, 2.24) is 49.5 Å². The molecule has 394 valence electrons. The van der Waals surface area contributed by atoms with Crippen molar-refractivity contribution in [3.05, 3.63) is 122 Å². The first-order valence-electron chi connectivity index (χ1n) is 27.9. The monoisotopic (exact) mass is 1050 g/mol. The zero-order valence-corrected chi connectivity index (χ0v) is 45.2. The lowest BCUT2D eigenvalue weighted by molar-refractivity contribution is -0.143. The summed E-state index contributed by atoms with van der Waals surface area (Å²) in [5.74, 6) is 1.89. The zero-order valence-electron chi connectivity index (χ0n) is 43.7. The molecule has 2 N–H and O–H groups in total. The lowest BCUT2D eigenvalue weighted by Gasteiger charge is -2.37. The van der Waals surface area contributed by atoms with E-state index in [0.717, 1.165) is 149 Å². The van der Waals surface area contributed by atoms with Crippen molar-refractivity contribution in [3.8, 4) is 16.1 Å². The summed E-state index contributed by atoms with van der Waals surface area (Å²) in [6, 6.07) is 19.4. The van der Waals surface area contributed by atoms with Gasteiger partial charge < -0.3 is 25.1 Å². The van der Waals surface area contributed by atoms with E-state index in [1.165, 1.54) is 23.2 Å². The molecule has 3 aromatic carbocycles. The number of aliphatic hydroxyl groups is 1. The number of rotatable bonds is 11. The first-order valence-corrected chi connectivity index (χ1v) is 29.2. The average Bonchev–Trinajstić information content (AvgIpc) is 4.32. The number of hydrogen-bond acceptors (Lipinski definition) is 11. The zero-order chi connectivity index (χ0) is 51.5. The molecule has 0 unspecified atom stereocenters. The number of benzene rings is 3. The van der Waals surface area contributed by atoms with Crippen LogP contribution in [0.4, 0.5) is 0 Å². The Bertz CT molecular complexity index is 3120. The molecule has 0 bridgehead atoms. The highest BCUT2D eigenvalue weighted by atomic mass is 35.5. The summed E-state index contributed by atoms with van der Waals surface area (Å²) in [6.07, 6.45) is 15.2. The van der Waals surface area contributed by atoms with Crippen molar-refractivity contribution < 1.29 is 14.7 Å². The number of β-amino-alcohol motifs (C(OH)–C–C–N with tert-alkyl or cyclic N) is 1. The highest BCUT2D eigenvalue weighted by molar-refractivity contribution is 7.13. The smallest absolute Gasteiger partial charge is 0.282 e. The Morgan fingerprint density at radius 2 is 1.68 bits per heavy atom. The number of fused-ring (bicyclic) bond motifs is 7. The fourth-order valence-corrected chi connectivity index (χ4v) is 15.3. The Balaban J connectivity index is 0.680. The number of hydrogen-bond donors (Lipinski definition) is 2. The molecule has 2 aliphatic carbocycles. The topological polar surface area (TPSA) is 155 Å². The molecule has 14 nitrogen and oxygen atoms in total. The van der Waals surface area contributed by atoms with Crippen molar-refractivity contribution in [1.29, 1.82) is 0 Å². The maximum atomic E-state index is 15.0. The van der Waals surface area contributed by atoms with E-state index in [4.69, 9.17) is 26.9 Å². The third-order valence-electron chi connectivity index (χ3n) is 18.5. The fourth-order valence-electron chi connectivity index (χ4n) is 14.3. The Labute approximate surface area is 448 Å². The lowest BCUT2D eigenvalue weighted by atomic mass is 9.69. The minimum Gasteiger partial charge on any atom is -0.391 e. The van der Waals surface area contributed by atoms with Crippen LogP contribution in [-0.2, 0) is 15.0 Å². The van der Waals surface area contributed by atoms with Crippen LogP contribution in [0.25, 0.3) is 27.0 Å². The lowest BCUT2D eigenvalue weighted by Crippen LogP contribution is -2.50. The molecule has 4 atom stereocenters. The molecule has 6 aromatic rings. The van der Waals surface area contributed by atoms with Crippen molar-refractivity contribution in [3.63, 3.8) is 0 Å². The summed E-state index contributed by atoms with van der Waals surface area (Å²) < 4.78 is 4.08. The second kappa shape index (κ2) is 20.9. The largest absolute Gasteiger partial charge is 0.391 e. The van der Waals surface area contributed by atoms with E-state index in [9.17, 15) is 19.5 Å². The number of amides is 2. The van der Waals surface area contributed by atoms with Crippen molar-refractivity contribution in [2.45, 2.75) is 145 Å².